The van der Waals surface area contributed by atoms with Gasteiger partial charge in [-0.25, -0.2) is 0 Å². The monoisotopic (exact) mass is 409 g/mol. The molecule has 0 bridgehead atoms. The van der Waals surface area contributed by atoms with Crippen molar-refractivity contribution in [3.05, 3.63) is 47.5 Å². The number of nitrogens with one attached hydrogen (secondary N) is 2. The van der Waals surface area contributed by atoms with Crippen molar-refractivity contribution in [2.75, 3.05) is 28.4 Å². The highest BCUT2D eigenvalue weighted by Gasteiger charge is 2.11. The van der Waals surface area contributed by atoms with Crippen LogP contribution in [0.15, 0.2) is 41.4 Å². The second-order valence-corrected chi connectivity index (χ2v) is 5.83. The van der Waals surface area contributed by atoms with Gasteiger partial charge in [-0.15, -0.1) is 0 Å². The summed E-state index contributed by atoms with van der Waals surface area (Å²) in [7, 11) is 6.20. The third-order valence-electron chi connectivity index (χ3n) is 4.04. The topological polar surface area (TPSA) is 73.3 Å². The van der Waals surface area contributed by atoms with E-state index in [0.29, 0.717) is 30.5 Å². The predicted molar refractivity (Wildman–Crippen MR) is 106 cm³/mol. The number of rotatable bonds is 9. The maximum Gasteiger partial charge on any atom is 0.387 e. The first-order valence-corrected chi connectivity index (χ1v) is 8.77. The number of methoxy groups -OCH3 is 3. The minimum Gasteiger partial charge on any atom is -0.493 e. The lowest BCUT2D eigenvalue weighted by atomic mass is 10.2. The van der Waals surface area contributed by atoms with Crippen LogP contribution in [0.2, 0.25) is 0 Å². The number of hydrogen-bond donors (Lipinski definition) is 2. The zero-order valence-electron chi connectivity index (χ0n) is 16.8. The molecule has 2 N–H and O–H groups in total. The number of ether oxygens (including phenoxy) is 4. The normalized spacial score (nSPS) is 11.2. The summed E-state index contributed by atoms with van der Waals surface area (Å²) in [4.78, 5) is 4.16. The Morgan fingerprint density at radius 3 is 1.76 bits per heavy atom. The molecular formula is C20H25F2N3O4. The maximum absolute atomic E-state index is 12.6. The van der Waals surface area contributed by atoms with E-state index in [-0.39, 0.29) is 11.5 Å². The molecule has 0 amide bonds. The smallest absolute Gasteiger partial charge is 0.387 e. The number of aliphatic imine (C=N–C) groups is 1. The predicted octanol–water partition coefficient (Wildman–Crippen LogP) is 3.18. The van der Waals surface area contributed by atoms with Crippen molar-refractivity contribution < 1.29 is 27.7 Å². The van der Waals surface area contributed by atoms with Crippen molar-refractivity contribution in [3.8, 4) is 23.0 Å². The van der Waals surface area contributed by atoms with Crippen LogP contribution in [0.1, 0.15) is 11.1 Å². The molecule has 0 saturated carbocycles. The molecule has 0 aliphatic carbocycles. The van der Waals surface area contributed by atoms with Gasteiger partial charge in [0.15, 0.2) is 29.0 Å². The molecule has 2 rings (SSSR count). The SMILES string of the molecule is CN=C(NCc1ccc(OC)c(OC)c1)NCc1ccc(OC)c(OC(F)F)c1. The van der Waals surface area contributed by atoms with E-state index in [4.69, 9.17) is 14.2 Å². The van der Waals surface area contributed by atoms with Crippen molar-refractivity contribution in [1.82, 2.24) is 10.6 Å². The Labute approximate surface area is 168 Å². The molecule has 0 fully saturated rings. The molecule has 0 heterocycles. The van der Waals surface area contributed by atoms with Crippen molar-refractivity contribution >= 4 is 5.96 Å². The molecule has 0 radical (unpaired) electrons. The highest BCUT2D eigenvalue weighted by molar-refractivity contribution is 5.79. The second-order valence-electron chi connectivity index (χ2n) is 5.83. The van der Waals surface area contributed by atoms with Crippen molar-refractivity contribution in [3.63, 3.8) is 0 Å². The van der Waals surface area contributed by atoms with Gasteiger partial charge in [-0.3, -0.25) is 4.99 Å². The van der Waals surface area contributed by atoms with E-state index in [1.165, 1.54) is 13.2 Å². The molecule has 0 aliphatic rings. The van der Waals surface area contributed by atoms with E-state index < -0.39 is 6.61 Å². The summed E-state index contributed by atoms with van der Waals surface area (Å²) in [6.45, 7) is -2.07. The molecule has 2 aromatic carbocycles. The molecule has 0 atom stereocenters. The molecule has 0 aromatic heterocycles. The van der Waals surface area contributed by atoms with Crippen molar-refractivity contribution in [2.24, 2.45) is 4.99 Å². The van der Waals surface area contributed by atoms with E-state index >= 15 is 0 Å². The van der Waals surface area contributed by atoms with E-state index in [9.17, 15) is 8.78 Å². The highest BCUT2D eigenvalue weighted by Crippen LogP contribution is 2.29. The van der Waals surface area contributed by atoms with Gasteiger partial charge in [0.2, 0.25) is 0 Å². The second kappa shape index (κ2) is 10.9. The lowest BCUT2D eigenvalue weighted by molar-refractivity contribution is -0.0512. The Kier molecular flexibility index (Phi) is 8.32. The summed E-state index contributed by atoms with van der Waals surface area (Å²) < 4.78 is 45.2. The standard InChI is InChI=1S/C20H25F2N3O4/c1-23-20(24-11-13-5-7-15(26-2)17(9-13)28-4)25-12-14-6-8-16(27-3)18(10-14)29-19(21)22/h5-10,19H,11-12H2,1-4H3,(H2,23,24,25). The fourth-order valence-corrected chi connectivity index (χ4v) is 2.60. The van der Waals surface area contributed by atoms with Gasteiger partial charge in [0.05, 0.1) is 21.3 Å². The van der Waals surface area contributed by atoms with Gasteiger partial charge in [-0.2, -0.15) is 8.78 Å². The third kappa shape index (κ3) is 6.41. The average molecular weight is 409 g/mol. The Morgan fingerprint density at radius 2 is 1.31 bits per heavy atom. The van der Waals surface area contributed by atoms with Gasteiger partial charge >= 0.3 is 6.61 Å². The van der Waals surface area contributed by atoms with E-state index in [0.717, 1.165) is 11.1 Å². The van der Waals surface area contributed by atoms with Crippen LogP contribution in [-0.4, -0.2) is 40.9 Å². The van der Waals surface area contributed by atoms with Crippen LogP contribution in [0.5, 0.6) is 23.0 Å². The third-order valence-corrected chi connectivity index (χ3v) is 4.04. The van der Waals surface area contributed by atoms with Crippen LogP contribution in [0, 0.1) is 0 Å². The number of nitrogens with zero attached hydrogens (tertiary/aromatic N) is 1. The molecule has 2 aromatic rings. The van der Waals surface area contributed by atoms with Crippen molar-refractivity contribution in [2.45, 2.75) is 19.7 Å². The first kappa shape index (κ1) is 22.1. The number of benzene rings is 2. The zero-order chi connectivity index (χ0) is 21.2. The van der Waals surface area contributed by atoms with Crippen LogP contribution >= 0.6 is 0 Å². The van der Waals surface area contributed by atoms with Crippen LogP contribution in [0.3, 0.4) is 0 Å². The fourth-order valence-electron chi connectivity index (χ4n) is 2.60. The van der Waals surface area contributed by atoms with Gasteiger partial charge in [0.1, 0.15) is 0 Å². The van der Waals surface area contributed by atoms with Crippen LogP contribution in [0.4, 0.5) is 8.78 Å². The Bertz CT molecular complexity index is 831. The minimum atomic E-state index is -2.93. The fraction of sp³-hybridized carbons (Fsp3) is 0.350. The van der Waals surface area contributed by atoms with E-state index in [1.54, 1.807) is 33.4 Å². The molecule has 0 saturated heterocycles. The van der Waals surface area contributed by atoms with Crippen LogP contribution < -0.4 is 29.6 Å². The molecule has 0 unspecified atom stereocenters. The Hall–Kier alpha value is -3.23. The zero-order valence-corrected chi connectivity index (χ0v) is 16.8. The van der Waals surface area contributed by atoms with E-state index in [2.05, 4.69) is 20.4 Å². The molecule has 0 aliphatic heterocycles. The molecule has 158 valence electrons. The largest absolute Gasteiger partial charge is 0.493 e. The quantitative estimate of drug-likeness (QED) is 0.490. The number of hydrogen-bond acceptors (Lipinski definition) is 5. The number of alkyl halides is 2. The number of halogens is 2. The maximum atomic E-state index is 12.6. The summed E-state index contributed by atoms with van der Waals surface area (Å²) in [6, 6.07) is 10.4. The summed E-state index contributed by atoms with van der Waals surface area (Å²) in [5.41, 5.74) is 1.71. The van der Waals surface area contributed by atoms with E-state index in [1.807, 2.05) is 18.2 Å². The summed E-state index contributed by atoms with van der Waals surface area (Å²) >= 11 is 0. The summed E-state index contributed by atoms with van der Waals surface area (Å²) in [6.07, 6.45) is 0. The van der Waals surface area contributed by atoms with Crippen LogP contribution in [0.25, 0.3) is 0 Å². The average Bonchev–Trinajstić information content (AvgIpc) is 2.73. The molecule has 7 nitrogen and oxygen atoms in total. The lowest BCUT2D eigenvalue weighted by Gasteiger charge is -2.15. The highest BCUT2D eigenvalue weighted by atomic mass is 19.3. The minimum absolute atomic E-state index is 0.0184. The molecule has 0 spiro atoms. The summed E-state index contributed by atoms with van der Waals surface area (Å²) in [5, 5.41) is 6.30. The Balaban J connectivity index is 1.97. The van der Waals surface area contributed by atoms with Crippen molar-refractivity contribution in [1.29, 1.82) is 0 Å². The van der Waals surface area contributed by atoms with Gasteiger partial charge in [-0.1, -0.05) is 12.1 Å². The Morgan fingerprint density at radius 1 is 0.828 bits per heavy atom. The van der Waals surface area contributed by atoms with Gasteiger partial charge in [0.25, 0.3) is 0 Å². The number of guanidine groups is 1. The van der Waals surface area contributed by atoms with Gasteiger partial charge in [-0.05, 0) is 35.4 Å². The first-order chi connectivity index (χ1) is 14.0. The van der Waals surface area contributed by atoms with Gasteiger partial charge in [0, 0.05) is 20.1 Å². The molecule has 29 heavy (non-hydrogen) atoms. The molecular weight excluding hydrogens is 384 g/mol. The lowest BCUT2D eigenvalue weighted by Crippen LogP contribution is -2.36. The molecule has 9 heteroatoms. The summed E-state index contributed by atoms with van der Waals surface area (Å²) in [5.74, 6) is 2.06. The van der Waals surface area contributed by atoms with Gasteiger partial charge < -0.3 is 29.6 Å². The van der Waals surface area contributed by atoms with Crippen LogP contribution in [-0.2, 0) is 13.1 Å². The first-order valence-electron chi connectivity index (χ1n) is 8.77.